The Morgan fingerprint density at radius 2 is 1.96 bits per heavy atom. The third-order valence-corrected chi connectivity index (χ3v) is 4.94. The number of aryl methyl sites for hydroxylation is 1. The van der Waals surface area contributed by atoms with Gasteiger partial charge < -0.3 is 5.32 Å². The fraction of sp³-hybridized carbons (Fsp3) is 0.500. The highest BCUT2D eigenvalue weighted by Gasteiger charge is 2.18. The van der Waals surface area contributed by atoms with Crippen molar-refractivity contribution in [2.45, 2.75) is 51.1 Å². The number of carbonyl (C=O) groups is 1. The molecule has 2 heterocycles. The maximum absolute atomic E-state index is 12.3. The largest absolute Gasteiger partial charge is 0.351 e. The van der Waals surface area contributed by atoms with Crippen LogP contribution in [0.2, 0.25) is 0 Å². The Morgan fingerprint density at radius 1 is 1.12 bits per heavy atom. The van der Waals surface area contributed by atoms with Crippen LogP contribution in [-0.2, 0) is 6.54 Å². The van der Waals surface area contributed by atoms with Crippen LogP contribution in [0.15, 0.2) is 30.5 Å². The van der Waals surface area contributed by atoms with Gasteiger partial charge in [-0.25, -0.2) is 9.36 Å². The molecule has 1 amide bonds. The highest BCUT2D eigenvalue weighted by molar-refractivity contribution is 5.91. The number of nitrogens with zero attached hydrogens (tertiary/aromatic N) is 6. The zero-order valence-electron chi connectivity index (χ0n) is 14.7. The average molecular weight is 353 g/mol. The molecule has 1 aliphatic carbocycles. The average Bonchev–Trinajstić information content (AvgIpc) is 3.33. The molecule has 1 N–H and O–H groups in total. The first kappa shape index (κ1) is 16.7. The number of aromatic nitrogens is 6. The zero-order valence-corrected chi connectivity index (χ0v) is 14.7. The highest BCUT2D eigenvalue weighted by Crippen LogP contribution is 2.27. The number of nitrogens with one attached hydrogen (secondary N) is 1. The van der Waals surface area contributed by atoms with Crippen LogP contribution >= 0.6 is 0 Å². The van der Waals surface area contributed by atoms with Crippen molar-refractivity contribution in [1.29, 1.82) is 0 Å². The van der Waals surface area contributed by atoms with Crippen molar-refractivity contribution in [3.8, 4) is 0 Å². The summed E-state index contributed by atoms with van der Waals surface area (Å²) in [5.41, 5.74) is 2.28. The van der Waals surface area contributed by atoms with E-state index in [2.05, 4.69) is 25.9 Å². The van der Waals surface area contributed by atoms with Crippen LogP contribution in [0.3, 0.4) is 0 Å². The fourth-order valence-electron chi connectivity index (χ4n) is 3.51. The second-order valence-corrected chi connectivity index (χ2v) is 6.79. The minimum absolute atomic E-state index is 0.171. The second kappa shape index (κ2) is 7.63. The molecule has 1 aromatic carbocycles. The number of para-hydroxylation sites is 1. The van der Waals surface area contributed by atoms with E-state index in [4.69, 9.17) is 0 Å². The van der Waals surface area contributed by atoms with Gasteiger partial charge in [-0.05, 0) is 31.4 Å². The summed E-state index contributed by atoms with van der Waals surface area (Å²) in [6.07, 6.45) is 8.53. The van der Waals surface area contributed by atoms with Crippen LogP contribution in [0.5, 0.6) is 0 Å². The quantitative estimate of drug-likeness (QED) is 0.687. The second-order valence-electron chi connectivity index (χ2n) is 6.79. The van der Waals surface area contributed by atoms with Crippen LogP contribution in [0.25, 0.3) is 11.0 Å². The molecule has 1 saturated carbocycles. The van der Waals surface area contributed by atoms with Gasteiger partial charge in [0, 0.05) is 13.1 Å². The van der Waals surface area contributed by atoms with E-state index in [1.54, 1.807) is 6.20 Å². The van der Waals surface area contributed by atoms with Gasteiger partial charge in [-0.2, -0.15) is 0 Å². The van der Waals surface area contributed by atoms with Crippen LogP contribution in [0.4, 0.5) is 0 Å². The Morgan fingerprint density at radius 3 is 2.85 bits per heavy atom. The number of rotatable bonds is 6. The van der Waals surface area contributed by atoms with E-state index in [-0.39, 0.29) is 5.91 Å². The summed E-state index contributed by atoms with van der Waals surface area (Å²) in [6.45, 7) is 1.26. The van der Waals surface area contributed by atoms with Crippen LogP contribution < -0.4 is 5.32 Å². The lowest BCUT2D eigenvalue weighted by atomic mass is 9.96. The van der Waals surface area contributed by atoms with Gasteiger partial charge in [0.05, 0.1) is 17.8 Å². The maximum atomic E-state index is 12.3. The topological polar surface area (TPSA) is 90.5 Å². The molecule has 4 rings (SSSR count). The molecule has 26 heavy (non-hydrogen) atoms. The van der Waals surface area contributed by atoms with Crippen molar-refractivity contribution < 1.29 is 4.79 Å². The van der Waals surface area contributed by atoms with Gasteiger partial charge in [0.25, 0.3) is 5.91 Å². The number of hydrogen-bond donors (Lipinski definition) is 1. The number of benzene rings is 1. The standard InChI is InChI=1S/C18H23N7O/c26-18(16-13-25(23-21-16)14-7-2-1-3-8-14)19-11-6-12-24-17-10-5-4-9-15(17)20-22-24/h4-5,9-10,13-14H,1-3,6-8,11-12H2,(H,19,26). The van der Waals surface area contributed by atoms with Gasteiger partial charge in [0.1, 0.15) is 5.52 Å². The number of amides is 1. The van der Waals surface area contributed by atoms with Gasteiger partial charge in [0.2, 0.25) is 0 Å². The molecular weight excluding hydrogens is 330 g/mol. The molecule has 0 spiro atoms. The van der Waals surface area contributed by atoms with E-state index in [0.29, 0.717) is 24.8 Å². The molecule has 0 atom stereocenters. The molecule has 8 nitrogen and oxygen atoms in total. The first-order valence-electron chi connectivity index (χ1n) is 9.29. The lowest BCUT2D eigenvalue weighted by Crippen LogP contribution is -2.25. The summed E-state index contributed by atoms with van der Waals surface area (Å²) in [7, 11) is 0. The summed E-state index contributed by atoms with van der Waals surface area (Å²) >= 11 is 0. The van der Waals surface area contributed by atoms with Gasteiger partial charge in [0.15, 0.2) is 5.69 Å². The van der Waals surface area contributed by atoms with Crippen LogP contribution in [0, 0.1) is 0 Å². The number of carbonyl (C=O) groups excluding carboxylic acids is 1. The first-order chi connectivity index (χ1) is 12.8. The van der Waals surface area contributed by atoms with Crippen molar-refractivity contribution in [3.05, 3.63) is 36.2 Å². The number of fused-ring (bicyclic) bond motifs is 1. The molecule has 0 aliphatic heterocycles. The Labute approximate surface area is 151 Å². The third kappa shape index (κ3) is 3.58. The van der Waals surface area contributed by atoms with E-state index in [0.717, 1.165) is 30.3 Å². The Kier molecular flexibility index (Phi) is 4.90. The van der Waals surface area contributed by atoms with E-state index >= 15 is 0 Å². The molecule has 1 fully saturated rings. The van der Waals surface area contributed by atoms with E-state index in [1.807, 2.05) is 33.6 Å². The van der Waals surface area contributed by atoms with Gasteiger partial charge in [-0.3, -0.25) is 4.79 Å². The summed E-state index contributed by atoms with van der Waals surface area (Å²) in [4.78, 5) is 12.3. The minimum atomic E-state index is -0.171. The van der Waals surface area contributed by atoms with E-state index in [9.17, 15) is 4.79 Å². The SMILES string of the molecule is O=C(NCCCn1nnc2ccccc21)c1cn(C2CCCCC2)nn1. The highest BCUT2D eigenvalue weighted by atomic mass is 16.2. The summed E-state index contributed by atoms with van der Waals surface area (Å²) in [5.74, 6) is -0.171. The molecule has 0 bridgehead atoms. The summed E-state index contributed by atoms with van der Waals surface area (Å²) < 4.78 is 3.72. The molecule has 3 aromatic rings. The van der Waals surface area contributed by atoms with Crippen LogP contribution in [0.1, 0.15) is 55.1 Å². The smallest absolute Gasteiger partial charge is 0.273 e. The summed E-state index contributed by atoms with van der Waals surface area (Å²) in [5, 5.41) is 19.4. The van der Waals surface area contributed by atoms with Crippen LogP contribution in [-0.4, -0.2) is 42.4 Å². The zero-order chi connectivity index (χ0) is 17.8. The predicted octanol–water partition coefficient (Wildman–Crippen LogP) is 2.35. The normalized spacial score (nSPS) is 15.4. The number of hydrogen-bond acceptors (Lipinski definition) is 5. The van der Waals surface area contributed by atoms with Crippen molar-refractivity contribution >= 4 is 16.9 Å². The van der Waals surface area contributed by atoms with E-state index < -0.39 is 0 Å². The molecule has 136 valence electrons. The van der Waals surface area contributed by atoms with Crippen molar-refractivity contribution in [2.24, 2.45) is 0 Å². The first-order valence-corrected chi connectivity index (χ1v) is 9.29. The lowest BCUT2D eigenvalue weighted by Gasteiger charge is -2.20. The van der Waals surface area contributed by atoms with Gasteiger partial charge in [-0.1, -0.05) is 41.8 Å². The molecule has 1 aliphatic rings. The van der Waals surface area contributed by atoms with Crippen molar-refractivity contribution in [3.63, 3.8) is 0 Å². The van der Waals surface area contributed by atoms with E-state index in [1.165, 1.54) is 19.3 Å². The lowest BCUT2D eigenvalue weighted by molar-refractivity contribution is 0.0947. The van der Waals surface area contributed by atoms with Gasteiger partial charge >= 0.3 is 0 Å². The predicted molar refractivity (Wildman–Crippen MR) is 96.6 cm³/mol. The van der Waals surface area contributed by atoms with Gasteiger partial charge in [-0.15, -0.1) is 10.2 Å². The monoisotopic (exact) mass is 353 g/mol. The molecule has 0 radical (unpaired) electrons. The Balaban J connectivity index is 1.27. The van der Waals surface area contributed by atoms with Crippen molar-refractivity contribution in [1.82, 2.24) is 35.3 Å². The molecule has 8 heteroatoms. The molecule has 2 aromatic heterocycles. The Bertz CT molecular complexity index is 878. The van der Waals surface area contributed by atoms with Crippen molar-refractivity contribution in [2.75, 3.05) is 6.54 Å². The Hall–Kier alpha value is -2.77. The molecule has 0 unspecified atom stereocenters. The summed E-state index contributed by atoms with van der Waals surface area (Å²) in [6, 6.07) is 8.24. The third-order valence-electron chi connectivity index (χ3n) is 4.94. The molecular formula is C18H23N7O. The maximum Gasteiger partial charge on any atom is 0.273 e. The minimum Gasteiger partial charge on any atom is -0.351 e. The fourth-order valence-corrected chi connectivity index (χ4v) is 3.51. The molecule has 0 saturated heterocycles.